The second-order valence-corrected chi connectivity index (χ2v) is 6.33. The maximum absolute atomic E-state index is 13.1. The fourth-order valence-electron chi connectivity index (χ4n) is 3.60. The molecule has 0 saturated carbocycles. The lowest BCUT2D eigenvalue weighted by molar-refractivity contribution is -0.117. The number of carbonyl (C=O) groups excluding carboxylic acids is 1. The molecular weight excluding hydrogens is 314 g/mol. The highest BCUT2D eigenvalue weighted by atomic mass is 16.3. The first-order valence-electron chi connectivity index (χ1n) is 8.55. The van der Waals surface area contributed by atoms with Gasteiger partial charge in [-0.15, -0.1) is 6.58 Å². The van der Waals surface area contributed by atoms with E-state index in [1.807, 2.05) is 36.4 Å². The SMILES string of the molecule is C=CCCC[C@]1(O)c2ccccc2C(=O)N1[C@@H](CO)c1ccccc1. The molecule has 0 radical (unpaired) electrons. The van der Waals surface area contributed by atoms with E-state index in [-0.39, 0.29) is 12.5 Å². The second-order valence-electron chi connectivity index (χ2n) is 6.33. The van der Waals surface area contributed by atoms with Gasteiger partial charge in [-0.2, -0.15) is 0 Å². The minimum Gasteiger partial charge on any atom is -0.394 e. The van der Waals surface area contributed by atoms with Crippen molar-refractivity contribution < 1.29 is 15.0 Å². The lowest BCUT2D eigenvalue weighted by atomic mass is 9.94. The van der Waals surface area contributed by atoms with Crippen molar-refractivity contribution in [1.29, 1.82) is 0 Å². The Morgan fingerprint density at radius 1 is 1.12 bits per heavy atom. The van der Waals surface area contributed by atoms with E-state index >= 15 is 0 Å². The van der Waals surface area contributed by atoms with Crippen LogP contribution in [0.3, 0.4) is 0 Å². The fourth-order valence-corrected chi connectivity index (χ4v) is 3.60. The molecule has 0 unspecified atom stereocenters. The third-order valence-corrected chi connectivity index (χ3v) is 4.81. The summed E-state index contributed by atoms with van der Waals surface area (Å²) in [6, 6.07) is 15.9. The first-order chi connectivity index (χ1) is 12.1. The standard InChI is InChI=1S/C21H23NO3/c1-2-3-9-14-21(25)18-13-8-7-12-17(18)20(24)22(21)19(15-23)16-10-5-4-6-11-16/h2,4-8,10-13,19,23,25H,1,3,9,14-15H2/t19-,21-/m0/s1. The van der Waals surface area contributed by atoms with Gasteiger partial charge in [-0.3, -0.25) is 9.69 Å². The smallest absolute Gasteiger partial charge is 0.257 e. The maximum atomic E-state index is 13.1. The van der Waals surface area contributed by atoms with Crippen LogP contribution in [0, 0.1) is 0 Å². The Kier molecular flexibility index (Phi) is 5.02. The Morgan fingerprint density at radius 3 is 2.48 bits per heavy atom. The van der Waals surface area contributed by atoms with E-state index in [0.29, 0.717) is 24.0 Å². The van der Waals surface area contributed by atoms with Gasteiger partial charge in [0.1, 0.15) is 0 Å². The minimum atomic E-state index is -1.43. The van der Waals surface area contributed by atoms with Crippen molar-refractivity contribution in [3.63, 3.8) is 0 Å². The van der Waals surface area contributed by atoms with Crippen LogP contribution >= 0.6 is 0 Å². The Hall–Kier alpha value is -2.43. The van der Waals surface area contributed by atoms with Crippen LogP contribution < -0.4 is 0 Å². The van der Waals surface area contributed by atoms with E-state index in [1.165, 1.54) is 4.90 Å². The van der Waals surface area contributed by atoms with Gasteiger partial charge in [0.2, 0.25) is 0 Å². The zero-order chi connectivity index (χ0) is 17.9. The van der Waals surface area contributed by atoms with Crippen LogP contribution in [0.1, 0.15) is 46.8 Å². The van der Waals surface area contributed by atoms with Crippen molar-refractivity contribution in [2.24, 2.45) is 0 Å². The normalized spacial score (nSPS) is 20.4. The van der Waals surface area contributed by atoms with Gasteiger partial charge in [0, 0.05) is 17.5 Å². The van der Waals surface area contributed by atoms with Crippen LogP contribution in [0.5, 0.6) is 0 Å². The molecule has 2 N–H and O–H groups in total. The van der Waals surface area contributed by atoms with Crippen molar-refractivity contribution in [1.82, 2.24) is 4.90 Å². The van der Waals surface area contributed by atoms with Crippen molar-refractivity contribution in [3.8, 4) is 0 Å². The van der Waals surface area contributed by atoms with Gasteiger partial charge >= 0.3 is 0 Å². The number of rotatable bonds is 7. The largest absolute Gasteiger partial charge is 0.394 e. The number of hydrogen-bond acceptors (Lipinski definition) is 3. The zero-order valence-corrected chi connectivity index (χ0v) is 14.1. The average molecular weight is 337 g/mol. The summed E-state index contributed by atoms with van der Waals surface area (Å²) >= 11 is 0. The van der Waals surface area contributed by atoms with Gasteiger partial charge in [0.25, 0.3) is 5.91 Å². The molecule has 1 amide bonds. The van der Waals surface area contributed by atoms with E-state index < -0.39 is 11.8 Å². The summed E-state index contributed by atoms with van der Waals surface area (Å²) in [4.78, 5) is 14.5. The number of benzene rings is 2. The monoisotopic (exact) mass is 337 g/mol. The molecule has 1 aliphatic rings. The molecule has 4 heteroatoms. The highest BCUT2D eigenvalue weighted by Crippen LogP contribution is 2.45. The number of unbranched alkanes of at least 4 members (excludes halogenated alkanes) is 1. The van der Waals surface area contributed by atoms with Crippen LogP contribution in [0.2, 0.25) is 0 Å². The molecule has 2 aromatic rings. The number of amides is 1. The van der Waals surface area contributed by atoms with Crippen LogP contribution in [-0.4, -0.2) is 27.6 Å². The summed E-state index contributed by atoms with van der Waals surface area (Å²) < 4.78 is 0. The van der Waals surface area contributed by atoms with Gasteiger partial charge in [0.15, 0.2) is 5.72 Å². The first kappa shape index (κ1) is 17.4. The molecule has 0 bridgehead atoms. The molecule has 1 aliphatic heterocycles. The topological polar surface area (TPSA) is 60.8 Å². The fraction of sp³-hybridized carbons (Fsp3) is 0.286. The minimum absolute atomic E-state index is 0.250. The molecule has 2 aromatic carbocycles. The van der Waals surface area contributed by atoms with E-state index in [1.54, 1.807) is 24.3 Å². The first-order valence-corrected chi connectivity index (χ1v) is 8.55. The molecule has 0 fully saturated rings. The van der Waals surface area contributed by atoms with Crippen LogP contribution in [0.15, 0.2) is 67.3 Å². The van der Waals surface area contributed by atoms with E-state index in [2.05, 4.69) is 6.58 Å². The van der Waals surface area contributed by atoms with Crippen LogP contribution in [-0.2, 0) is 5.72 Å². The molecule has 1 heterocycles. The maximum Gasteiger partial charge on any atom is 0.257 e. The van der Waals surface area contributed by atoms with Gasteiger partial charge < -0.3 is 10.2 Å². The molecular formula is C21H23NO3. The zero-order valence-electron chi connectivity index (χ0n) is 14.1. The van der Waals surface area contributed by atoms with E-state index in [9.17, 15) is 15.0 Å². The quantitative estimate of drug-likeness (QED) is 0.601. The Morgan fingerprint density at radius 2 is 1.80 bits per heavy atom. The predicted octanol–water partition coefficient (Wildman–Crippen LogP) is 3.38. The third kappa shape index (κ3) is 2.99. The number of nitrogens with zero attached hydrogens (tertiary/aromatic N) is 1. The molecule has 130 valence electrons. The summed E-state index contributed by atoms with van der Waals surface area (Å²) in [5.41, 5.74) is 0.477. The molecule has 3 rings (SSSR count). The van der Waals surface area contributed by atoms with Crippen molar-refractivity contribution in [2.45, 2.75) is 31.0 Å². The lowest BCUT2D eigenvalue weighted by Crippen LogP contribution is -2.47. The molecule has 0 aliphatic carbocycles. The Bertz CT molecular complexity index is 759. The molecule has 25 heavy (non-hydrogen) atoms. The number of allylic oxidation sites excluding steroid dienone is 1. The number of fused-ring (bicyclic) bond motifs is 1. The van der Waals surface area contributed by atoms with Crippen molar-refractivity contribution >= 4 is 5.91 Å². The molecule has 2 atom stereocenters. The summed E-state index contributed by atoms with van der Waals surface area (Å²) in [5, 5.41) is 21.5. The Balaban J connectivity index is 2.06. The molecule has 0 saturated heterocycles. The number of hydrogen-bond donors (Lipinski definition) is 2. The average Bonchev–Trinajstić information content (AvgIpc) is 2.86. The second kappa shape index (κ2) is 7.21. The van der Waals surface area contributed by atoms with Gasteiger partial charge in [-0.25, -0.2) is 0 Å². The van der Waals surface area contributed by atoms with Gasteiger partial charge in [0.05, 0.1) is 12.6 Å². The highest BCUT2D eigenvalue weighted by molar-refractivity contribution is 6.00. The summed E-state index contributed by atoms with van der Waals surface area (Å²) in [6.45, 7) is 3.47. The molecule has 0 spiro atoms. The number of aliphatic hydroxyl groups excluding tert-OH is 1. The van der Waals surface area contributed by atoms with Gasteiger partial charge in [-0.05, 0) is 24.5 Å². The predicted molar refractivity (Wildman–Crippen MR) is 96.8 cm³/mol. The number of aliphatic hydroxyl groups is 2. The van der Waals surface area contributed by atoms with E-state index in [4.69, 9.17) is 0 Å². The highest BCUT2D eigenvalue weighted by Gasteiger charge is 2.50. The lowest BCUT2D eigenvalue weighted by Gasteiger charge is -2.39. The summed E-state index contributed by atoms with van der Waals surface area (Å²) in [6.07, 6.45) is 3.65. The Labute approximate surface area is 148 Å². The van der Waals surface area contributed by atoms with Crippen LogP contribution in [0.25, 0.3) is 0 Å². The van der Waals surface area contributed by atoms with Crippen molar-refractivity contribution in [2.75, 3.05) is 6.61 Å². The van der Waals surface area contributed by atoms with Crippen LogP contribution in [0.4, 0.5) is 0 Å². The molecule has 4 nitrogen and oxygen atoms in total. The van der Waals surface area contributed by atoms with E-state index in [0.717, 1.165) is 12.0 Å². The van der Waals surface area contributed by atoms with Gasteiger partial charge in [-0.1, -0.05) is 54.6 Å². The van der Waals surface area contributed by atoms with Crippen molar-refractivity contribution in [3.05, 3.63) is 83.9 Å². The molecule has 0 aromatic heterocycles. The summed E-state index contributed by atoms with van der Waals surface area (Å²) in [5.74, 6) is -0.250. The summed E-state index contributed by atoms with van der Waals surface area (Å²) in [7, 11) is 0. The number of carbonyl (C=O) groups is 1. The third-order valence-electron chi connectivity index (χ3n) is 4.81.